The number of ether oxygens (including phenoxy) is 2. The molecule has 0 aromatic rings. The van der Waals surface area contributed by atoms with Crippen LogP contribution in [0.15, 0.2) is 0 Å². The van der Waals surface area contributed by atoms with Gasteiger partial charge in [0.25, 0.3) is 0 Å². The number of carboxylic acids is 2. The maximum absolute atomic E-state index is 11.6. The van der Waals surface area contributed by atoms with Crippen LogP contribution >= 0.6 is 0 Å². The van der Waals surface area contributed by atoms with E-state index in [1.54, 1.807) is 0 Å². The van der Waals surface area contributed by atoms with Crippen LogP contribution in [0.1, 0.15) is 92.9 Å². The molecule has 0 heterocycles. The fraction of sp³-hybridized carbons (Fsp3) is 0.846. The Morgan fingerprint density at radius 1 is 0.684 bits per heavy atom. The number of hydrogen-bond donors (Lipinski definition) is 6. The minimum absolute atomic E-state index is 0.233. The number of nitrogens with two attached hydrogens (primary N) is 2. The summed E-state index contributed by atoms with van der Waals surface area (Å²) >= 11 is 0. The van der Waals surface area contributed by atoms with Crippen molar-refractivity contribution in [3.63, 3.8) is 0 Å². The van der Waals surface area contributed by atoms with Crippen molar-refractivity contribution >= 4 is 24.1 Å². The van der Waals surface area contributed by atoms with Crippen molar-refractivity contribution in [2.75, 3.05) is 13.1 Å². The molecule has 38 heavy (non-hydrogen) atoms. The number of carbonyl (C=O) groups excluding carboxylic acids is 2. The van der Waals surface area contributed by atoms with Crippen molar-refractivity contribution in [1.82, 2.24) is 10.6 Å². The molecule has 12 heteroatoms. The first-order valence-electron chi connectivity index (χ1n) is 13.3. The summed E-state index contributed by atoms with van der Waals surface area (Å²) in [6, 6.07) is 0.467. The zero-order valence-corrected chi connectivity index (χ0v) is 23.9. The van der Waals surface area contributed by atoms with Crippen molar-refractivity contribution < 1.29 is 38.9 Å². The largest absolute Gasteiger partial charge is 0.473 e. The molecule has 0 aromatic carbocycles. The smallest absolute Gasteiger partial charge is 0.414 e. The number of carbonyl (C=O) groups is 4. The molecule has 0 bridgehead atoms. The average Bonchev–Trinajstić information content (AvgIpc) is 2.77. The van der Waals surface area contributed by atoms with Crippen molar-refractivity contribution in [2.24, 2.45) is 23.3 Å². The maximum Gasteiger partial charge on any atom is 0.414 e. The minimum Gasteiger partial charge on any atom is -0.473 e. The third-order valence-corrected chi connectivity index (χ3v) is 5.86. The fourth-order valence-electron chi connectivity index (χ4n) is 4.22. The lowest BCUT2D eigenvalue weighted by Gasteiger charge is -2.30. The van der Waals surface area contributed by atoms with Gasteiger partial charge in [0.2, 0.25) is 0 Å². The molecule has 2 aliphatic carbocycles. The summed E-state index contributed by atoms with van der Waals surface area (Å²) in [5.74, 6) is -2.55. The molecule has 0 unspecified atom stereocenters. The first-order valence-corrected chi connectivity index (χ1v) is 13.3. The molecular formula is C26H50N4O8. The highest BCUT2D eigenvalue weighted by atomic mass is 16.6. The standard InChI is InChI=1S/2C12H24N2O2.C2H2O4/c2*1-12(2,3)16-11(15)14-10-6-4-5-9(7-10)8-13;3-1(4)2(5)6/h2*9-10H,4-8,13H2,1-3H3,(H,14,15);(H,3,4)(H,5,6)/t2*9-,10-;/m11./s1. The van der Waals surface area contributed by atoms with Gasteiger partial charge in [-0.2, -0.15) is 0 Å². The Bertz CT molecular complexity index is 687. The van der Waals surface area contributed by atoms with Crippen LogP contribution in [0.3, 0.4) is 0 Å². The van der Waals surface area contributed by atoms with Gasteiger partial charge in [0, 0.05) is 12.1 Å². The predicted molar refractivity (Wildman–Crippen MR) is 144 cm³/mol. The van der Waals surface area contributed by atoms with E-state index in [1.807, 2.05) is 41.5 Å². The minimum atomic E-state index is -1.82. The van der Waals surface area contributed by atoms with Crippen LogP contribution in [0.5, 0.6) is 0 Å². The Morgan fingerprint density at radius 3 is 1.24 bits per heavy atom. The number of aliphatic carboxylic acids is 2. The van der Waals surface area contributed by atoms with Crippen LogP contribution in [0.25, 0.3) is 0 Å². The van der Waals surface area contributed by atoms with Gasteiger partial charge in [-0.25, -0.2) is 19.2 Å². The van der Waals surface area contributed by atoms with Crippen LogP contribution < -0.4 is 22.1 Å². The first-order chi connectivity index (χ1) is 17.5. The second-order valence-electron chi connectivity index (χ2n) is 11.8. The average molecular weight is 547 g/mol. The van der Waals surface area contributed by atoms with E-state index in [2.05, 4.69) is 10.6 Å². The normalized spacial score (nSPS) is 23.3. The van der Waals surface area contributed by atoms with Gasteiger partial charge in [0.1, 0.15) is 11.2 Å². The molecule has 0 radical (unpaired) electrons. The zero-order chi connectivity index (χ0) is 29.5. The van der Waals surface area contributed by atoms with Crippen LogP contribution in [-0.2, 0) is 19.1 Å². The highest BCUT2D eigenvalue weighted by Gasteiger charge is 2.25. The van der Waals surface area contributed by atoms with E-state index in [9.17, 15) is 9.59 Å². The summed E-state index contributed by atoms with van der Waals surface area (Å²) < 4.78 is 10.5. The highest BCUT2D eigenvalue weighted by molar-refractivity contribution is 6.27. The van der Waals surface area contributed by atoms with Gasteiger partial charge in [-0.05, 0) is 105 Å². The first kappa shape index (κ1) is 35.4. The molecule has 0 aliphatic heterocycles. The van der Waals surface area contributed by atoms with Crippen LogP contribution in [0.2, 0.25) is 0 Å². The van der Waals surface area contributed by atoms with Gasteiger partial charge >= 0.3 is 24.1 Å². The van der Waals surface area contributed by atoms with E-state index in [0.717, 1.165) is 38.5 Å². The Morgan fingerprint density at radius 2 is 1.00 bits per heavy atom. The van der Waals surface area contributed by atoms with E-state index in [1.165, 1.54) is 12.8 Å². The monoisotopic (exact) mass is 546 g/mol. The Hall–Kier alpha value is -2.60. The van der Waals surface area contributed by atoms with Crippen LogP contribution in [0.4, 0.5) is 9.59 Å². The van der Waals surface area contributed by atoms with Gasteiger partial charge < -0.3 is 41.8 Å². The topological polar surface area (TPSA) is 203 Å². The molecule has 0 aromatic heterocycles. The summed E-state index contributed by atoms with van der Waals surface area (Å²) in [5, 5.41) is 20.6. The Kier molecular flexibility index (Phi) is 15.9. The molecule has 12 nitrogen and oxygen atoms in total. The fourth-order valence-corrected chi connectivity index (χ4v) is 4.22. The Labute approximate surface area is 226 Å². The number of amides is 2. The summed E-state index contributed by atoms with van der Waals surface area (Å²) in [7, 11) is 0. The van der Waals surface area contributed by atoms with E-state index in [4.69, 9.17) is 40.7 Å². The lowest BCUT2D eigenvalue weighted by Crippen LogP contribution is -2.42. The molecule has 8 N–H and O–H groups in total. The lowest BCUT2D eigenvalue weighted by molar-refractivity contribution is -0.159. The Balaban J connectivity index is 0.000000596. The summed E-state index contributed by atoms with van der Waals surface area (Å²) in [5.41, 5.74) is 10.5. The summed E-state index contributed by atoms with van der Waals surface area (Å²) in [6.07, 6.45) is 8.07. The SMILES string of the molecule is CC(C)(C)OC(=O)N[C@@H]1CCC[C@@H](CN)C1.CC(C)(C)OC(=O)N[C@@H]1CCC[C@@H](CN)C1.O=C(O)C(=O)O. The molecule has 2 rings (SSSR count). The maximum atomic E-state index is 11.6. The summed E-state index contributed by atoms with van der Waals surface area (Å²) in [6.45, 7) is 12.7. The number of carboxylic acid groups (broad SMARTS) is 2. The molecule has 2 aliphatic rings. The van der Waals surface area contributed by atoms with Crippen LogP contribution in [-0.4, -0.2) is 70.7 Å². The van der Waals surface area contributed by atoms with Crippen molar-refractivity contribution in [3.8, 4) is 0 Å². The van der Waals surface area contributed by atoms with Crippen LogP contribution in [0, 0.1) is 11.8 Å². The molecule has 2 saturated carbocycles. The highest BCUT2D eigenvalue weighted by Crippen LogP contribution is 2.24. The van der Waals surface area contributed by atoms with E-state index < -0.39 is 23.1 Å². The van der Waals surface area contributed by atoms with Crippen molar-refractivity contribution in [3.05, 3.63) is 0 Å². The molecule has 2 fully saturated rings. The lowest BCUT2D eigenvalue weighted by atomic mass is 9.86. The molecule has 0 saturated heterocycles. The second kappa shape index (κ2) is 17.1. The number of alkyl carbamates (subject to hydrolysis) is 2. The molecule has 4 atom stereocenters. The van der Waals surface area contributed by atoms with Gasteiger partial charge in [-0.3, -0.25) is 0 Å². The molecule has 2 amide bonds. The molecular weight excluding hydrogens is 496 g/mol. The van der Waals surface area contributed by atoms with Gasteiger partial charge in [-0.1, -0.05) is 12.8 Å². The third-order valence-electron chi connectivity index (χ3n) is 5.86. The van der Waals surface area contributed by atoms with Gasteiger partial charge in [0.15, 0.2) is 0 Å². The predicted octanol–water partition coefficient (Wildman–Crippen LogP) is 3.21. The van der Waals surface area contributed by atoms with E-state index in [-0.39, 0.29) is 24.3 Å². The number of hydrogen-bond acceptors (Lipinski definition) is 8. The number of rotatable bonds is 4. The van der Waals surface area contributed by atoms with E-state index in [0.29, 0.717) is 24.9 Å². The second-order valence-corrected chi connectivity index (χ2v) is 11.8. The van der Waals surface area contributed by atoms with Gasteiger partial charge in [-0.15, -0.1) is 0 Å². The molecule has 0 spiro atoms. The van der Waals surface area contributed by atoms with Crippen molar-refractivity contribution in [2.45, 2.75) is 116 Å². The number of nitrogens with one attached hydrogen (secondary N) is 2. The molecule has 222 valence electrons. The summed E-state index contributed by atoms with van der Waals surface area (Å²) in [4.78, 5) is 41.3. The van der Waals surface area contributed by atoms with Crippen molar-refractivity contribution in [1.29, 1.82) is 0 Å². The quantitative estimate of drug-likeness (QED) is 0.284. The third kappa shape index (κ3) is 18.6. The van der Waals surface area contributed by atoms with Gasteiger partial charge in [0.05, 0.1) is 0 Å². The van der Waals surface area contributed by atoms with E-state index >= 15 is 0 Å². The zero-order valence-electron chi connectivity index (χ0n) is 23.9.